The molecule has 0 aromatic rings. The van der Waals surface area contributed by atoms with E-state index in [1.807, 2.05) is 0 Å². The van der Waals surface area contributed by atoms with Gasteiger partial charge >= 0.3 is 0 Å². The van der Waals surface area contributed by atoms with Gasteiger partial charge < -0.3 is 50.9 Å². The molecule has 6 N–H and O–H groups in total. The van der Waals surface area contributed by atoms with E-state index in [0.717, 1.165) is 0 Å². The molecule has 0 aromatic heterocycles. The quantitative estimate of drug-likeness (QED) is 0.119. The minimum absolute atomic E-state index is 0.412. The van der Waals surface area contributed by atoms with Gasteiger partial charge in [0.2, 0.25) is 11.8 Å². The fourth-order valence-corrected chi connectivity index (χ4v) is 4.07. The van der Waals surface area contributed by atoms with E-state index < -0.39 is 101 Å². The molecule has 1 rings (SSSR count). The summed E-state index contributed by atoms with van der Waals surface area (Å²) in [5, 5.41) is 64.2. The van der Waals surface area contributed by atoms with Crippen molar-refractivity contribution in [1.82, 2.24) is 20.4 Å². The summed E-state index contributed by atoms with van der Waals surface area (Å²) in [7, 11) is 0. The highest BCUT2D eigenvalue weighted by molar-refractivity contribution is 5.80. The predicted octanol–water partition coefficient (Wildman–Crippen LogP) is -6.66. The van der Waals surface area contributed by atoms with Gasteiger partial charge in [-0.1, -0.05) is 12.8 Å². The minimum atomic E-state index is -1.46. The van der Waals surface area contributed by atoms with E-state index in [9.17, 15) is 29.4 Å². The molecule has 0 saturated heterocycles. The highest BCUT2D eigenvalue weighted by Crippen LogP contribution is 2.27. The van der Waals surface area contributed by atoms with Crippen molar-refractivity contribution >= 4 is 23.8 Å². The van der Waals surface area contributed by atoms with Gasteiger partial charge in [0.15, 0.2) is 0 Å². The average molecular weight is 491 g/mol. The van der Waals surface area contributed by atoms with Gasteiger partial charge in [-0.25, -0.2) is 0 Å². The van der Waals surface area contributed by atoms with Gasteiger partial charge in [-0.2, -0.15) is 0 Å². The molecule has 0 radical (unpaired) electrons. The standard InChI is InChI=1S/C20H36N4O10/c25-9-13(10-26)21-17(29)5-23(7-19(31)32)15-3-1-2-4-16(15)24(8-20(33)34)6-18(30)22-14(11-27)12-28/h13-16,25-28H,1-12H2,(H,21,29)(H,22,30)(H,31,32)(H,33,34)/p-2. The third-order valence-corrected chi connectivity index (χ3v) is 5.60. The lowest BCUT2D eigenvalue weighted by molar-refractivity contribution is -0.309. The fraction of sp³-hybridized carbons (Fsp3) is 0.800. The monoisotopic (exact) mass is 490 g/mol. The molecule has 1 fully saturated rings. The molecule has 0 aromatic carbocycles. The summed E-state index contributed by atoms with van der Waals surface area (Å²) in [5.41, 5.74) is 0. The number of carbonyl (C=O) groups is 4. The molecule has 1 aliphatic rings. The number of carboxylic acid groups (broad SMARTS) is 2. The molecule has 0 spiro atoms. The second-order valence-electron chi connectivity index (χ2n) is 8.23. The third kappa shape index (κ3) is 10.3. The summed E-state index contributed by atoms with van der Waals surface area (Å²) in [4.78, 5) is 50.2. The summed E-state index contributed by atoms with van der Waals surface area (Å²) in [6.45, 7) is -4.21. The number of aliphatic carboxylic acids is 2. The zero-order valence-corrected chi connectivity index (χ0v) is 18.9. The number of nitrogens with one attached hydrogen (secondary N) is 2. The number of hydrogen-bond donors (Lipinski definition) is 6. The Labute approximate surface area is 197 Å². The number of carboxylic acids is 2. The lowest BCUT2D eigenvalue weighted by atomic mass is 9.87. The molecule has 1 aliphatic carbocycles. The Balaban J connectivity index is 3.10. The van der Waals surface area contributed by atoms with Gasteiger partial charge in [0, 0.05) is 25.2 Å². The van der Waals surface area contributed by atoms with Gasteiger partial charge in [-0.15, -0.1) is 0 Å². The highest BCUT2D eigenvalue weighted by Gasteiger charge is 2.36. The maximum atomic E-state index is 12.4. The molecule has 2 amide bonds. The van der Waals surface area contributed by atoms with Crippen LogP contribution in [-0.4, -0.2) is 131 Å². The first-order valence-electron chi connectivity index (χ1n) is 11.0. The van der Waals surface area contributed by atoms with Crippen molar-refractivity contribution in [3.05, 3.63) is 0 Å². The number of hydrogen-bond acceptors (Lipinski definition) is 12. The van der Waals surface area contributed by atoms with Gasteiger partial charge in [0.05, 0.1) is 63.5 Å². The van der Waals surface area contributed by atoms with E-state index in [1.165, 1.54) is 9.80 Å². The molecule has 2 atom stereocenters. The smallest absolute Gasteiger partial charge is 0.234 e. The van der Waals surface area contributed by atoms with Crippen LogP contribution in [-0.2, 0) is 19.2 Å². The Morgan fingerprint density at radius 3 is 1.26 bits per heavy atom. The van der Waals surface area contributed by atoms with Crippen LogP contribution in [0.15, 0.2) is 0 Å². The van der Waals surface area contributed by atoms with Crippen LogP contribution >= 0.6 is 0 Å². The third-order valence-electron chi connectivity index (χ3n) is 5.60. The Bertz CT molecular complexity index is 616. The van der Waals surface area contributed by atoms with Crippen LogP contribution in [0.5, 0.6) is 0 Å². The largest absolute Gasteiger partial charge is 0.549 e. The van der Waals surface area contributed by atoms with Crippen molar-refractivity contribution in [3.8, 4) is 0 Å². The van der Waals surface area contributed by atoms with E-state index in [-0.39, 0.29) is 0 Å². The predicted molar refractivity (Wildman–Crippen MR) is 111 cm³/mol. The second-order valence-corrected chi connectivity index (χ2v) is 8.23. The highest BCUT2D eigenvalue weighted by atomic mass is 16.4. The van der Waals surface area contributed by atoms with E-state index in [2.05, 4.69) is 10.6 Å². The number of aliphatic hydroxyl groups is 4. The van der Waals surface area contributed by atoms with E-state index in [1.54, 1.807) is 0 Å². The Morgan fingerprint density at radius 2 is 1.00 bits per heavy atom. The SMILES string of the molecule is O=C([O-])CN(CC(=O)NC(CO)CO)C1CCCCC1N(CC(=O)[O-])CC(=O)NC(CO)CO. The van der Waals surface area contributed by atoms with Crippen molar-refractivity contribution in [2.24, 2.45) is 0 Å². The summed E-state index contributed by atoms with van der Waals surface area (Å²) in [6.07, 6.45) is 2.17. The number of carbonyl (C=O) groups excluding carboxylic acids is 4. The number of rotatable bonds is 16. The van der Waals surface area contributed by atoms with E-state index in [4.69, 9.17) is 20.4 Å². The molecule has 196 valence electrons. The Hall–Kier alpha value is -2.36. The van der Waals surface area contributed by atoms with Crippen LogP contribution in [0, 0.1) is 0 Å². The van der Waals surface area contributed by atoms with Gasteiger partial charge in [-0.05, 0) is 12.8 Å². The molecule has 14 heteroatoms. The van der Waals surface area contributed by atoms with Gasteiger partial charge in [0.25, 0.3) is 0 Å². The zero-order valence-electron chi connectivity index (χ0n) is 18.9. The number of amides is 2. The molecule has 0 aliphatic heterocycles. The Morgan fingerprint density at radius 1 is 0.676 bits per heavy atom. The summed E-state index contributed by atoms with van der Waals surface area (Å²) in [5.74, 6) is -4.24. The first-order chi connectivity index (χ1) is 16.1. The maximum absolute atomic E-state index is 12.4. The van der Waals surface area contributed by atoms with Gasteiger partial charge in [-0.3, -0.25) is 19.4 Å². The van der Waals surface area contributed by atoms with Crippen molar-refractivity contribution in [3.63, 3.8) is 0 Å². The lowest BCUT2D eigenvalue weighted by Gasteiger charge is -2.45. The second kappa shape index (κ2) is 15.5. The molecule has 34 heavy (non-hydrogen) atoms. The number of nitrogens with zero attached hydrogens (tertiary/aromatic N) is 2. The molecule has 0 bridgehead atoms. The van der Waals surface area contributed by atoms with Crippen molar-refractivity contribution in [2.45, 2.75) is 49.9 Å². The lowest BCUT2D eigenvalue weighted by Crippen LogP contribution is -2.60. The van der Waals surface area contributed by atoms with Crippen molar-refractivity contribution in [2.75, 3.05) is 52.6 Å². The minimum Gasteiger partial charge on any atom is -0.549 e. The summed E-state index contributed by atoms with van der Waals surface area (Å²) in [6, 6.07) is -3.11. The first-order valence-corrected chi connectivity index (χ1v) is 11.0. The fourth-order valence-electron chi connectivity index (χ4n) is 4.07. The summed E-state index contributed by atoms with van der Waals surface area (Å²) < 4.78 is 0. The van der Waals surface area contributed by atoms with Crippen LogP contribution in [0.1, 0.15) is 25.7 Å². The zero-order chi connectivity index (χ0) is 25.7. The average Bonchev–Trinajstić information content (AvgIpc) is 2.79. The maximum Gasteiger partial charge on any atom is 0.234 e. The molecule has 0 heterocycles. The Kier molecular flexibility index (Phi) is 13.5. The first kappa shape index (κ1) is 29.7. The van der Waals surface area contributed by atoms with E-state index >= 15 is 0 Å². The van der Waals surface area contributed by atoms with Crippen molar-refractivity contribution < 1.29 is 49.8 Å². The summed E-state index contributed by atoms with van der Waals surface area (Å²) >= 11 is 0. The van der Waals surface area contributed by atoms with Gasteiger partial charge in [0.1, 0.15) is 0 Å². The van der Waals surface area contributed by atoms with Crippen LogP contribution in [0.3, 0.4) is 0 Å². The normalized spacial score (nSPS) is 18.5. The van der Waals surface area contributed by atoms with Crippen LogP contribution in [0.2, 0.25) is 0 Å². The molecule has 1 saturated carbocycles. The molecular weight excluding hydrogens is 456 g/mol. The number of aliphatic hydroxyl groups excluding tert-OH is 4. The topological polar surface area (TPSA) is 226 Å². The van der Waals surface area contributed by atoms with E-state index in [0.29, 0.717) is 25.7 Å². The van der Waals surface area contributed by atoms with Crippen molar-refractivity contribution in [1.29, 1.82) is 0 Å². The molecule has 14 nitrogen and oxygen atoms in total. The van der Waals surface area contributed by atoms with Crippen LogP contribution in [0.25, 0.3) is 0 Å². The molecular formula is C20H34N4O10-2. The van der Waals surface area contributed by atoms with Crippen LogP contribution < -0.4 is 20.8 Å². The molecule has 2 unspecified atom stereocenters. The van der Waals surface area contributed by atoms with Crippen LogP contribution in [0.4, 0.5) is 0 Å².